The van der Waals surface area contributed by atoms with E-state index in [1.54, 1.807) is 0 Å². The number of fused-ring (bicyclic) bond motifs is 1. The summed E-state index contributed by atoms with van der Waals surface area (Å²) in [6.45, 7) is 0. The summed E-state index contributed by atoms with van der Waals surface area (Å²) in [7, 11) is 0. The fourth-order valence-corrected chi connectivity index (χ4v) is 8.29. The molecular weight excluding hydrogens is 711 g/mol. The van der Waals surface area contributed by atoms with Crippen LogP contribution < -0.4 is 4.90 Å². The van der Waals surface area contributed by atoms with E-state index < -0.39 is 0 Å². The molecule has 0 fully saturated rings. The molecule has 0 bridgehead atoms. The first-order valence-electron chi connectivity index (χ1n) is 20.2. The molecule has 10 aromatic carbocycles. The highest BCUT2D eigenvalue weighted by atomic mass is 15.1. The lowest BCUT2D eigenvalue weighted by Crippen LogP contribution is -2.11. The number of benzene rings is 10. The summed E-state index contributed by atoms with van der Waals surface area (Å²) in [5.41, 5.74) is 17.5. The maximum atomic E-state index is 2.43. The molecule has 0 spiro atoms. The average molecular weight is 752 g/mol. The second-order valence-electron chi connectivity index (χ2n) is 15.0. The Morgan fingerprint density at radius 3 is 1.22 bits per heavy atom. The SMILES string of the molecule is c1ccc(-c2ccc(-c3ccc(N(c4cc(-c5ccccc5)cc(-c5ccccc5)c4)c4ccccc4-c4cccc(-c5cccc6ccccc56)c4)cc3)cc2)cc1. The standard InChI is InChI=1S/C58H41N/c1-4-16-42(17-5-1)45-30-32-46(33-31-45)47-34-36-53(37-35-47)59(54-40-51(43-18-6-2-7-19-43)39-52(41-54)44-20-8-3-9-21-44)58-29-13-12-27-57(58)50-25-14-24-49(38-50)56-28-15-23-48-22-10-11-26-55(48)56/h1-41H. The summed E-state index contributed by atoms with van der Waals surface area (Å²) in [4.78, 5) is 2.43. The number of anilines is 3. The molecule has 1 nitrogen and oxygen atoms in total. The fourth-order valence-electron chi connectivity index (χ4n) is 8.29. The minimum absolute atomic E-state index is 1.08. The molecule has 0 aliphatic rings. The molecule has 278 valence electrons. The van der Waals surface area contributed by atoms with E-state index in [0.29, 0.717) is 0 Å². The van der Waals surface area contributed by atoms with Gasteiger partial charge in [-0.1, -0.05) is 206 Å². The largest absolute Gasteiger partial charge is 0.310 e. The van der Waals surface area contributed by atoms with Crippen LogP contribution in [-0.2, 0) is 0 Å². The zero-order chi connectivity index (χ0) is 39.4. The molecule has 0 atom stereocenters. The Bertz CT molecular complexity index is 2940. The number of hydrogen-bond donors (Lipinski definition) is 0. The van der Waals surface area contributed by atoms with E-state index in [-0.39, 0.29) is 0 Å². The quantitative estimate of drug-likeness (QED) is 0.142. The van der Waals surface area contributed by atoms with Crippen molar-refractivity contribution in [3.63, 3.8) is 0 Å². The van der Waals surface area contributed by atoms with Gasteiger partial charge in [0.15, 0.2) is 0 Å². The van der Waals surface area contributed by atoms with Crippen LogP contribution in [0.2, 0.25) is 0 Å². The third kappa shape index (κ3) is 7.34. The molecule has 10 aromatic rings. The Morgan fingerprint density at radius 1 is 0.220 bits per heavy atom. The maximum Gasteiger partial charge on any atom is 0.0540 e. The zero-order valence-electron chi connectivity index (χ0n) is 32.6. The number of nitrogens with zero attached hydrogens (tertiary/aromatic N) is 1. The van der Waals surface area contributed by atoms with Gasteiger partial charge in [0.25, 0.3) is 0 Å². The highest BCUT2D eigenvalue weighted by molar-refractivity contribution is 5.98. The summed E-state index contributed by atoms with van der Waals surface area (Å²) in [6.07, 6.45) is 0. The summed E-state index contributed by atoms with van der Waals surface area (Å²) in [6, 6.07) is 89.9. The van der Waals surface area contributed by atoms with Gasteiger partial charge in [0.2, 0.25) is 0 Å². The van der Waals surface area contributed by atoms with Crippen LogP contribution in [0.5, 0.6) is 0 Å². The van der Waals surface area contributed by atoms with Crippen molar-refractivity contribution in [3.8, 4) is 66.8 Å². The molecule has 0 saturated heterocycles. The third-order valence-electron chi connectivity index (χ3n) is 11.3. The molecular formula is C58H41N. The van der Waals surface area contributed by atoms with Gasteiger partial charge in [-0.05, 0) is 114 Å². The van der Waals surface area contributed by atoms with Gasteiger partial charge in [-0.25, -0.2) is 0 Å². The highest BCUT2D eigenvalue weighted by Gasteiger charge is 2.20. The molecule has 0 heterocycles. The van der Waals surface area contributed by atoms with Gasteiger partial charge in [0.05, 0.1) is 5.69 Å². The van der Waals surface area contributed by atoms with E-state index in [1.807, 2.05) is 0 Å². The minimum atomic E-state index is 1.08. The fraction of sp³-hybridized carbons (Fsp3) is 0. The van der Waals surface area contributed by atoms with E-state index in [2.05, 4.69) is 254 Å². The third-order valence-corrected chi connectivity index (χ3v) is 11.3. The Hall–Kier alpha value is -7.74. The lowest BCUT2D eigenvalue weighted by atomic mass is 9.94. The first-order valence-corrected chi connectivity index (χ1v) is 20.2. The molecule has 10 rings (SSSR count). The summed E-state index contributed by atoms with van der Waals surface area (Å²) >= 11 is 0. The van der Waals surface area contributed by atoms with Crippen LogP contribution in [0.15, 0.2) is 249 Å². The second kappa shape index (κ2) is 16.0. The van der Waals surface area contributed by atoms with Gasteiger partial charge in [0, 0.05) is 16.9 Å². The molecule has 0 saturated carbocycles. The van der Waals surface area contributed by atoms with Gasteiger partial charge >= 0.3 is 0 Å². The monoisotopic (exact) mass is 751 g/mol. The molecule has 0 radical (unpaired) electrons. The lowest BCUT2D eigenvalue weighted by Gasteiger charge is -2.29. The van der Waals surface area contributed by atoms with Crippen LogP contribution >= 0.6 is 0 Å². The zero-order valence-corrected chi connectivity index (χ0v) is 32.6. The predicted octanol–water partition coefficient (Wildman–Crippen LogP) is 16.3. The minimum Gasteiger partial charge on any atom is -0.310 e. The first-order chi connectivity index (χ1) is 29.2. The van der Waals surface area contributed by atoms with E-state index in [0.717, 1.165) is 39.3 Å². The van der Waals surface area contributed by atoms with Crippen molar-refractivity contribution in [2.45, 2.75) is 0 Å². The number of para-hydroxylation sites is 1. The van der Waals surface area contributed by atoms with Crippen molar-refractivity contribution in [2.24, 2.45) is 0 Å². The van der Waals surface area contributed by atoms with Gasteiger partial charge in [-0.3, -0.25) is 0 Å². The van der Waals surface area contributed by atoms with Crippen molar-refractivity contribution >= 4 is 27.8 Å². The molecule has 59 heavy (non-hydrogen) atoms. The second-order valence-corrected chi connectivity index (χ2v) is 15.0. The van der Waals surface area contributed by atoms with E-state index in [1.165, 1.54) is 55.3 Å². The molecule has 0 aliphatic carbocycles. The van der Waals surface area contributed by atoms with Crippen LogP contribution in [0.1, 0.15) is 0 Å². The predicted molar refractivity (Wildman–Crippen MR) is 251 cm³/mol. The lowest BCUT2D eigenvalue weighted by molar-refractivity contribution is 1.28. The normalized spacial score (nSPS) is 11.1. The molecule has 0 unspecified atom stereocenters. The summed E-state index contributed by atoms with van der Waals surface area (Å²) in [5, 5.41) is 2.49. The number of hydrogen-bond acceptors (Lipinski definition) is 1. The van der Waals surface area contributed by atoms with Crippen LogP contribution in [0.4, 0.5) is 17.1 Å². The molecule has 0 N–H and O–H groups in total. The van der Waals surface area contributed by atoms with Gasteiger partial charge in [-0.15, -0.1) is 0 Å². The van der Waals surface area contributed by atoms with E-state index >= 15 is 0 Å². The molecule has 0 aromatic heterocycles. The van der Waals surface area contributed by atoms with Crippen LogP contribution in [-0.4, -0.2) is 0 Å². The van der Waals surface area contributed by atoms with Gasteiger partial charge < -0.3 is 4.90 Å². The van der Waals surface area contributed by atoms with Crippen LogP contribution in [0, 0.1) is 0 Å². The Labute approximate surface area is 346 Å². The van der Waals surface area contributed by atoms with Crippen molar-refractivity contribution in [1.82, 2.24) is 0 Å². The average Bonchev–Trinajstić information content (AvgIpc) is 3.33. The first kappa shape index (κ1) is 35.7. The van der Waals surface area contributed by atoms with E-state index in [9.17, 15) is 0 Å². The van der Waals surface area contributed by atoms with Crippen molar-refractivity contribution in [1.29, 1.82) is 0 Å². The summed E-state index contributed by atoms with van der Waals surface area (Å²) in [5.74, 6) is 0. The Balaban J connectivity index is 1.13. The summed E-state index contributed by atoms with van der Waals surface area (Å²) < 4.78 is 0. The van der Waals surface area contributed by atoms with Crippen LogP contribution in [0.25, 0.3) is 77.5 Å². The smallest absolute Gasteiger partial charge is 0.0540 e. The topological polar surface area (TPSA) is 3.24 Å². The molecule has 0 aliphatic heterocycles. The molecule has 0 amide bonds. The molecule has 1 heteroatoms. The van der Waals surface area contributed by atoms with Gasteiger partial charge in [0.1, 0.15) is 0 Å². The van der Waals surface area contributed by atoms with Crippen molar-refractivity contribution in [2.75, 3.05) is 4.90 Å². The highest BCUT2D eigenvalue weighted by Crippen LogP contribution is 2.45. The Kier molecular flexibility index (Phi) is 9.68. The van der Waals surface area contributed by atoms with Gasteiger partial charge in [-0.2, -0.15) is 0 Å². The van der Waals surface area contributed by atoms with Crippen molar-refractivity contribution in [3.05, 3.63) is 249 Å². The Morgan fingerprint density at radius 2 is 0.610 bits per heavy atom. The number of rotatable bonds is 9. The van der Waals surface area contributed by atoms with Crippen LogP contribution in [0.3, 0.4) is 0 Å². The van der Waals surface area contributed by atoms with E-state index in [4.69, 9.17) is 0 Å². The maximum absolute atomic E-state index is 2.43. The van der Waals surface area contributed by atoms with Crippen molar-refractivity contribution < 1.29 is 0 Å².